The molecule has 0 aliphatic heterocycles. The number of rotatable bonds is 7. The Bertz CT molecular complexity index is 816. The van der Waals surface area contributed by atoms with E-state index in [0.717, 1.165) is 5.56 Å². The molecule has 134 valence electrons. The van der Waals surface area contributed by atoms with Crippen molar-refractivity contribution >= 4 is 15.9 Å². The van der Waals surface area contributed by atoms with E-state index in [2.05, 4.69) is 10.0 Å². The lowest BCUT2D eigenvalue weighted by Gasteiger charge is -2.10. The molecule has 0 saturated heterocycles. The first-order valence-electron chi connectivity index (χ1n) is 7.87. The average molecular weight is 364 g/mol. The normalized spacial score (nSPS) is 11.5. The monoisotopic (exact) mass is 364 g/mol. The minimum Gasteiger partial charge on any atom is -0.348 e. The van der Waals surface area contributed by atoms with E-state index in [9.17, 15) is 17.6 Å². The summed E-state index contributed by atoms with van der Waals surface area (Å²) in [7, 11) is -3.36. The van der Waals surface area contributed by atoms with Gasteiger partial charge in [-0.2, -0.15) is 0 Å². The van der Waals surface area contributed by atoms with Crippen molar-refractivity contribution in [3.63, 3.8) is 0 Å². The molecule has 1 amide bonds. The number of amides is 1. The van der Waals surface area contributed by atoms with Gasteiger partial charge in [0.2, 0.25) is 10.0 Å². The molecule has 2 aromatic carbocycles. The first-order chi connectivity index (χ1) is 11.7. The van der Waals surface area contributed by atoms with Gasteiger partial charge in [0.1, 0.15) is 5.82 Å². The van der Waals surface area contributed by atoms with Crippen molar-refractivity contribution in [2.24, 2.45) is 0 Å². The zero-order valence-electron chi connectivity index (χ0n) is 14.1. The minimum atomic E-state index is -3.36. The molecule has 0 heterocycles. The molecule has 0 atom stereocenters. The predicted octanol–water partition coefficient (Wildman–Crippen LogP) is 2.58. The van der Waals surface area contributed by atoms with Crippen LogP contribution in [-0.2, 0) is 22.3 Å². The van der Waals surface area contributed by atoms with Crippen LogP contribution in [0.3, 0.4) is 0 Å². The molecule has 0 bridgehead atoms. The van der Waals surface area contributed by atoms with Crippen LogP contribution in [0.15, 0.2) is 48.5 Å². The lowest BCUT2D eigenvalue weighted by atomic mass is 10.1. The molecule has 0 radical (unpaired) electrons. The maximum absolute atomic E-state index is 12.8. The van der Waals surface area contributed by atoms with Crippen molar-refractivity contribution in [1.29, 1.82) is 0 Å². The smallest absolute Gasteiger partial charge is 0.251 e. The molecule has 0 unspecified atom stereocenters. The standard InChI is InChI=1S/C18H21FN2O3S/c1-13(2)21-25(23,24)12-15-5-3-14(4-6-15)11-20-18(22)16-7-9-17(19)10-8-16/h3-10,13,21H,11-12H2,1-2H3,(H,20,22). The molecule has 0 fully saturated rings. The van der Waals surface area contributed by atoms with Gasteiger partial charge in [0, 0.05) is 18.2 Å². The lowest BCUT2D eigenvalue weighted by Crippen LogP contribution is -2.31. The Labute approximate surface area is 147 Å². The molecule has 25 heavy (non-hydrogen) atoms. The van der Waals surface area contributed by atoms with E-state index in [1.54, 1.807) is 38.1 Å². The van der Waals surface area contributed by atoms with Crippen molar-refractivity contribution in [1.82, 2.24) is 10.0 Å². The van der Waals surface area contributed by atoms with Crippen LogP contribution in [0, 0.1) is 5.82 Å². The van der Waals surface area contributed by atoms with Crippen molar-refractivity contribution in [3.05, 3.63) is 71.0 Å². The molecule has 0 spiro atoms. The fourth-order valence-corrected chi connectivity index (χ4v) is 3.69. The summed E-state index contributed by atoms with van der Waals surface area (Å²) >= 11 is 0. The molecular weight excluding hydrogens is 343 g/mol. The van der Waals surface area contributed by atoms with Crippen LogP contribution in [0.2, 0.25) is 0 Å². The molecule has 0 aliphatic rings. The number of halogens is 1. The molecule has 2 aromatic rings. The topological polar surface area (TPSA) is 75.3 Å². The number of carbonyl (C=O) groups excluding carboxylic acids is 1. The van der Waals surface area contributed by atoms with E-state index in [0.29, 0.717) is 17.7 Å². The Kier molecular flexibility index (Phi) is 6.27. The van der Waals surface area contributed by atoms with Crippen LogP contribution in [0.4, 0.5) is 4.39 Å². The van der Waals surface area contributed by atoms with Gasteiger partial charge < -0.3 is 5.32 Å². The van der Waals surface area contributed by atoms with Gasteiger partial charge in [-0.1, -0.05) is 24.3 Å². The highest BCUT2D eigenvalue weighted by Gasteiger charge is 2.13. The number of hydrogen-bond acceptors (Lipinski definition) is 3. The highest BCUT2D eigenvalue weighted by atomic mass is 32.2. The molecule has 0 aliphatic carbocycles. The predicted molar refractivity (Wildman–Crippen MR) is 94.9 cm³/mol. The van der Waals surface area contributed by atoms with Crippen LogP contribution in [0.25, 0.3) is 0 Å². The fraction of sp³-hybridized carbons (Fsp3) is 0.278. The third-order valence-corrected chi connectivity index (χ3v) is 4.90. The fourth-order valence-electron chi connectivity index (χ4n) is 2.26. The maximum Gasteiger partial charge on any atom is 0.251 e. The Hall–Kier alpha value is -2.25. The van der Waals surface area contributed by atoms with E-state index < -0.39 is 15.8 Å². The zero-order chi connectivity index (χ0) is 18.4. The third kappa shape index (κ3) is 6.28. The summed E-state index contributed by atoms with van der Waals surface area (Å²) in [5.74, 6) is -0.783. The van der Waals surface area contributed by atoms with E-state index in [1.165, 1.54) is 24.3 Å². The first kappa shape index (κ1) is 19.1. The number of benzene rings is 2. The van der Waals surface area contributed by atoms with Gasteiger partial charge in [-0.3, -0.25) is 4.79 Å². The average Bonchev–Trinajstić information content (AvgIpc) is 2.53. The second-order valence-electron chi connectivity index (χ2n) is 6.04. The SMILES string of the molecule is CC(C)NS(=O)(=O)Cc1ccc(CNC(=O)c2ccc(F)cc2)cc1. The summed E-state index contributed by atoms with van der Waals surface area (Å²) in [5.41, 5.74) is 1.89. The van der Waals surface area contributed by atoms with Crippen LogP contribution in [0.5, 0.6) is 0 Å². The Morgan fingerprint density at radius 1 is 1.00 bits per heavy atom. The van der Waals surface area contributed by atoms with Crippen molar-refractivity contribution in [3.8, 4) is 0 Å². The number of hydrogen-bond donors (Lipinski definition) is 2. The maximum atomic E-state index is 12.8. The summed E-state index contributed by atoms with van der Waals surface area (Å²) in [6, 6.07) is 12.1. The molecule has 2 N–H and O–H groups in total. The number of sulfonamides is 1. The highest BCUT2D eigenvalue weighted by molar-refractivity contribution is 7.88. The molecular formula is C18H21FN2O3S. The summed E-state index contributed by atoms with van der Waals surface area (Å²) < 4.78 is 39.2. The summed E-state index contributed by atoms with van der Waals surface area (Å²) in [6.07, 6.45) is 0. The van der Waals surface area contributed by atoms with Crippen molar-refractivity contribution < 1.29 is 17.6 Å². The molecule has 0 saturated carbocycles. The van der Waals surface area contributed by atoms with Gasteiger partial charge in [-0.05, 0) is 49.2 Å². The van der Waals surface area contributed by atoms with Crippen molar-refractivity contribution in [2.75, 3.05) is 0 Å². The molecule has 0 aromatic heterocycles. The quantitative estimate of drug-likeness (QED) is 0.793. The van der Waals surface area contributed by atoms with Crippen LogP contribution in [0.1, 0.15) is 35.3 Å². The number of carbonyl (C=O) groups is 1. The molecule has 7 heteroatoms. The summed E-state index contributed by atoms with van der Waals surface area (Å²) in [6.45, 7) is 3.84. The lowest BCUT2D eigenvalue weighted by molar-refractivity contribution is 0.0951. The summed E-state index contributed by atoms with van der Waals surface area (Å²) in [4.78, 5) is 12.0. The number of nitrogens with one attached hydrogen (secondary N) is 2. The Balaban J connectivity index is 1.92. The van der Waals surface area contributed by atoms with E-state index in [1.807, 2.05) is 0 Å². The second-order valence-corrected chi connectivity index (χ2v) is 7.79. The second kappa shape index (κ2) is 8.22. The minimum absolute atomic E-state index is 0.0899. The largest absolute Gasteiger partial charge is 0.348 e. The zero-order valence-corrected chi connectivity index (χ0v) is 14.9. The molecule has 5 nitrogen and oxygen atoms in total. The van der Waals surface area contributed by atoms with Crippen LogP contribution in [-0.4, -0.2) is 20.4 Å². The van der Waals surface area contributed by atoms with Gasteiger partial charge in [0.15, 0.2) is 0 Å². The van der Waals surface area contributed by atoms with Crippen molar-refractivity contribution in [2.45, 2.75) is 32.2 Å². The van der Waals surface area contributed by atoms with E-state index in [-0.39, 0.29) is 17.7 Å². The third-order valence-electron chi connectivity index (χ3n) is 3.35. The first-order valence-corrected chi connectivity index (χ1v) is 9.52. The Morgan fingerprint density at radius 3 is 2.12 bits per heavy atom. The van der Waals surface area contributed by atoms with Gasteiger partial charge in [-0.25, -0.2) is 17.5 Å². The van der Waals surface area contributed by atoms with Gasteiger partial charge >= 0.3 is 0 Å². The van der Waals surface area contributed by atoms with Gasteiger partial charge in [0.25, 0.3) is 5.91 Å². The molecule has 2 rings (SSSR count). The highest BCUT2D eigenvalue weighted by Crippen LogP contribution is 2.09. The van der Waals surface area contributed by atoms with Crippen LogP contribution < -0.4 is 10.0 Å². The van der Waals surface area contributed by atoms with Gasteiger partial charge in [0.05, 0.1) is 5.75 Å². The summed E-state index contributed by atoms with van der Waals surface area (Å²) in [5, 5.41) is 2.74. The van der Waals surface area contributed by atoms with E-state index in [4.69, 9.17) is 0 Å². The van der Waals surface area contributed by atoms with E-state index >= 15 is 0 Å². The van der Waals surface area contributed by atoms with Gasteiger partial charge in [-0.15, -0.1) is 0 Å². The van der Waals surface area contributed by atoms with Crippen LogP contribution >= 0.6 is 0 Å². The Morgan fingerprint density at radius 2 is 1.56 bits per heavy atom.